The highest BCUT2D eigenvalue weighted by Crippen LogP contribution is 2.21. The highest BCUT2D eigenvalue weighted by atomic mass is 16.5. The molecule has 0 fully saturated rings. The van der Waals surface area contributed by atoms with Crippen molar-refractivity contribution in [3.05, 3.63) is 53.1 Å². The molecule has 0 radical (unpaired) electrons. The lowest BCUT2D eigenvalue weighted by atomic mass is 10.1. The molecule has 0 amide bonds. The van der Waals surface area contributed by atoms with E-state index in [0.29, 0.717) is 9.58 Å². The molecular formula is C18H19N5O4. The summed E-state index contributed by atoms with van der Waals surface area (Å²) in [5.41, 5.74) is 1.96. The molecule has 0 aliphatic rings. The average Bonchev–Trinajstić information content (AvgIpc) is 2.65. The molecule has 0 bridgehead atoms. The largest absolute Gasteiger partial charge is 0.739 e. The molecule has 0 aliphatic carbocycles. The van der Waals surface area contributed by atoms with Crippen molar-refractivity contribution in [1.29, 1.82) is 0 Å². The molecule has 0 spiro atoms. The number of hydrogen-bond acceptors (Lipinski definition) is 7. The number of carbonyl (C=O) groups excluding carboxylic acids is 1. The van der Waals surface area contributed by atoms with Crippen molar-refractivity contribution in [2.24, 2.45) is 0 Å². The maximum Gasteiger partial charge on any atom is 0.460 e. The fourth-order valence-corrected chi connectivity index (χ4v) is 2.57. The van der Waals surface area contributed by atoms with E-state index in [2.05, 4.69) is 15.4 Å². The molecule has 3 aromatic rings. The smallest absolute Gasteiger partial charge is 0.460 e. The second-order valence-corrected chi connectivity index (χ2v) is 6.15. The topological polar surface area (TPSA) is 118 Å². The van der Waals surface area contributed by atoms with Gasteiger partial charge in [0.25, 0.3) is 5.52 Å². The first-order chi connectivity index (χ1) is 13.0. The fourth-order valence-electron chi connectivity index (χ4n) is 2.57. The third-order valence-electron chi connectivity index (χ3n) is 3.77. The van der Waals surface area contributed by atoms with Gasteiger partial charge in [-0.05, 0) is 43.2 Å². The van der Waals surface area contributed by atoms with E-state index in [1.807, 2.05) is 0 Å². The minimum atomic E-state index is -0.396. The van der Waals surface area contributed by atoms with Crippen molar-refractivity contribution in [1.82, 2.24) is 10.1 Å². The van der Waals surface area contributed by atoms with Gasteiger partial charge in [0.1, 0.15) is 0 Å². The Bertz CT molecular complexity index is 963. The normalized spacial score (nSPS) is 10.9. The summed E-state index contributed by atoms with van der Waals surface area (Å²) in [5.74, 6) is -0.570. The molecule has 9 nitrogen and oxygen atoms in total. The summed E-state index contributed by atoms with van der Waals surface area (Å²) in [4.78, 5) is 15.9. The van der Waals surface area contributed by atoms with Crippen LogP contribution in [0.4, 0.5) is 5.95 Å². The summed E-state index contributed by atoms with van der Waals surface area (Å²) < 4.78 is 5.55. The average molecular weight is 369 g/mol. The summed E-state index contributed by atoms with van der Waals surface area (Å²) in [5, 5.41) is 31.2. The van der Waals surface area contributed by atoms with Gasteiger partial charge in [-0.3, -0.25) is 15.1 Å². The van der Waals surface area contributed by atoms with Gasteiger partial charge in [-0.1, -0.05) is 6.07 Å². The van der Waals surface area contributed by atoms with Crippen LogP contribution in [0.1, 0.15) is 20.3 Å². The summed E-state index contributed by atoms with van der Waals surface area (Å²) in [6.07, 6.45) is 3.14. The first kappa shape index (κ1) is 18.3. The number of nitrogens with zero attached hydrogens (tertiary/aromatic N) is 4. The van der Waals surface area contributed by atoms with Crippen LogP contribution in [-0.2, 0) is 9.53 Å². The highest BCUT2D eigenvalue weighted by Gasteiger charge is 2.21. The van der Waals surface area contributed by atoms with Crippen LogP contribution in [0.15, 0.2) is 42.7 Å². The number of rotatable bonds is 6. The Hall–Kier alpha value is -3.49. The van der Waals surface area contributed by atoms with Crippen LogP contribution in [0.25, 0.3) is 22.2 Å². The van der Waals surface area contributed by atoms with Crippen molar-refractivity contribution >= 4 is 23.0 Å². The zero-order chi connectivity index (χ0) is 19.4. The minimum Gasteiger partial charge on any atom is -0.739 e. The van der Waals surface area contributed by atoms with Gasteiger partial charge in [-0.15, -0.1) is 0 Å². The maximum absolute atomic E-state index is 12.5. The number of ether oxygens (including phenoxy) is 1. The maximum atomic E-state index is 12.5. The fraction of sp³-hybridized carbons (Fsp3) is 0.278. The van der Waals surface area contributed by atoms with E-state index in [4.69, 9.17) is 4.74 Å². The molecule has 0 atom stereocenters. The van der Waals surface area contributed by atoms with E-state index in [9.17, 15) is 15.2 Å². The van der Waals surface area contributed by atoms with Crippen molar-refractivity contribution < 1.29 is 19.1 Å². The molecule has 27 heavy (non-hydrogen) atoms. The van der Waals surface area contributed by atoms with Gasteiger partial charge in [0, 0.05) is 23.3 Å². The molecule has 3 rings (SSSR count). The quantitative estimate of drug-likeness (QED) is 0.395. The molecule has 1 aromatic carbocycles. The van der Waals surface area contributed by atoms with Gasteiger partial charge in [-0.2, -0.15) is 0 Å². The molecule has 0 saturated carbocycles. The lowest BCUT2D eigenvalue weighted by Gasteiger charge is -2.11. The van der Waals surface area contributed by atoms with Gasteiger partial charge in [-0.25, -0.2) is 4.73 Å². The summed E-state index contributed by atoms with van der Waals surface area (Å²) in [7, 11) is 0. The predicted octanol–water partition coefficient (Wildman–Crippen LogP) is 1.32. The minimum absolute atomic E-state index is 0.0533. The Labute approximate surface area is 155 Å². The number of carbonyl (C=O) groups is 1. The van der Waals surface area contributed by atoms with Crippen molar-refractivity contribution in [3.8, 4) is 11.1 Å². The zero-order valence-electron chi connectivity index (χ0n) is 15.0. The Balaban J connectivity index is 1.83. The molecule has 140 valence electrons. The zero-order valence-corrected chi connectivity index (χ0v) is 15.0. The van der Waals surface area contributed by atoms with Crippen LogP contribution in [0, 0.1) is 10.4 Å². The molecular weight excluding hydrogens is 350 g/mol. The lowest BCUT2D eigenvalue weighted by molar-refractivity contribution is -0.672. The standard InChI is InChI=1S/C18H19N5O4/c1-12(2)27-17(24)7-10-20-18-21-23(26)16-11-14(3-4-15(16)22(18)25)13-5-8-19-9-6-13/h3-6,8-9,11-12H,7,10H2,1-2H3,(H,20,21). The Morgan fingerprint density at radius 3 is 2.59 bits per heavy atom. The van der Waals surface area contributed by atoms with Crippen LogP contribution < -0.4 is 14.9 Å². The third kappa shape index (κ3) is 4.20. The predicted molar refractivity (Wildman–Crippen MR) is 97.2 cm³/mol. The van der Waals surface area contributed by atoms with Crippen LogP contribution in [-0.4, -0.2) is 28.7 Å². The van der Waals surface area contributed by atoms with Crippen LogP contribution in [0.3, 0.4) is 0 Å². The number of pyridine rings is 1. The van der Waals surface area contributed by atoms with Gasteiger partial charge in [0.2, 0.25) is 5.10 Å². The molecule has 0 unspecified atom stereocenters. The van der Waals surface area contributed by atoms with Crippen LogP contribution >= 0.6 is 0 Å². The number of aromatic nitrogens is 4. The molecule has 0 saturated heterocycles. The molecule has 1 N–H and O–H groups in total. The Morgan fingerprint density at radius 1 is 1.15 bits per heavy atom. The van der Waals surface area contributed by atoms with Gasteiger partial charge >= 0.3 is 11.9 Å². The summed E-state index contributed by atoms with van der Waals surface area (Å²) in [6.45, 7) is 3.63. The highest BCUT2D eigenvalue weighted by molar-refractivity contribution is 5.77. The number of benzene rings is 1. The Kier molecular flexibility index (Phi) is 5.30. The van der Waals surface area contributed by atoms with E-state index >= 15 is 0 Å². The first-order valence-electron chi connectivity index (χ1n) is 8.46. The van der Waals surface area contributed by atoms with Crippen LogP contribution in [0.5, 0.6) is 0 Å². The third-order valence-corrected chi connectivity index (χ3v) is 3.77. The van der Waals surface area contributed by atoms with Crippen molar-refractivity contribution in [3.63, 3.8) is 0 Å². The number of nitrogens with one attached hydrogen (secondary N) is 1. The van der Waals surface area contributed by atoms with E-state index < -0.39 is 5.97 Å². The monoisotopic (exact) mass is 369 g/mol. The number of hydrogen-bond donors (Lipinski definition) is 1. The summed E-state index contributed by atoms with van der Waals surface area (Å²) >= 11 is 0. The number of fused-ring (bicyclic) bond motifs is 1. The molecule has 9 heteroatoms. The Morgan fingerprint density at radius 2 is 1.89 bits per heavy atom. The molecule has 2 heterocycles. The summed E-state index contributed by atoms with van der Waals surface area (Å²) in [6, 6.07) is 8.52. The van der Waals surface area contributed by atoms with Crippen molar-refractivity contribution in [2.75, 3.05) is 11.9 Å². The van der Waals surface area contributed by atoms with Gasteiger partial charge < -0.3 is 15.2 Å². The van der Waals surface area contributed by atoms with Crippen LogP contribution in [0.2, 0.25) is 0 Å². The van der Waals surface area contributed by atoms with E-state index in [1.165, 1.54) is 0 Å². The van der Waals surface area contributed by atoms with Crippen molar-refractivity contribution in [2.45, 2.75) is 26.4 Å². The SMILES string of the molecule is CC(C)OC(=O)CCNc1n[n+]([O-])c2cc(-c3ccncc3)ccc2[n+]1[O-]. The molecule has 0 aliphatic heterocycles. The van der Waals surface area contributed by atoms with Gasteiger partial charge in [0.15, 0.2) is 5.52 Å². The van der Waals surface area contributed by atoms with E-state index in [0.717, 1.165) is 11.1 Å². The molecule has 2 aromatic heterocycles. The first-order valence-corrected chi connectivity index (χ1v) is 8.46. The lowest BCUT2D eigenvalue weighted by Crippen LogP contribution is -2.44. The van der Waals surface area contributed by atoms with E-state index in [-0.39, 0.29) is 36.1 Å². The second kappa shape index (κ2) is 7.81. The number of anilines is 1. The van der Waals surface area contributed by atoms with E-state index in [1.54, 1.807) is 56.6 Å². The number of esters is 1. The van der Waals surface area contributed by atoms with Gasteiger partial charge in [0.05, 0.1) is 19.1 Å². The second-order valence-electron chi connectivity index (χ2n) is 6.15.